The molecule has 0 aliphatic heterocycles. The van der Waals surface area contributed by atoms with Crippen LogP contribution in [0.2, 0.25) is 0 Å². The fourth-order valence-electron chi connectivity index (χ4n) is 1.79. The second kappa shape index (κ2) is 7.41. The third-order valence-electron chi connectivity index (χ3n) is 2.82. The van der Waals surface area contributed by atoms with Crippen molar-refractivity contribution in [2.45, 2.75) is 39.4 Å². The van der Waals surface area contributed by atoms with E-state index in [0.29, 0.717) is 17.8 Å². The van der Waals surface area contributed by atoms with E-state index in [0.717, 1.165) is 18.4 Å². The van der Waals surface area contributed by atoms with Crippen LogP contribution in [0, 0.1) is 0 Å². The van der Waals surface area contributed by atoms with E-state index in [-0.39, 0.29) is 6.10 Å². The Hall–Kier alpha value is -1.04. The Morgan fingerprint density at radius 2 is 2.06 bits per heavy atom. The van der Waals surface area contributed by atoms with E-state index >= 15 is 0 Å². The fourth-order valence-corrected chi connectivity index (χ4v) is 1.79. The van der Waals surface area contributed by atoms with Crippen LogP contribution in [0.4, 0.5) is 0 Å². The highest BCUT2D eigenvalue weighted by Gasteiger charge is 2.14. The highest BCUT2D eigenvalue weighted by atomic mass is 16.5. The van der Waals surface area contributed by atoms with E-state index in [1.807, 2.05) is 6.92 Å². The molecule has 5 heteroatoms. The number of ether oxygens (including phenoxy) is 2. The zero-order valence-electron chi connectivity index (χ0n) is 11.2. The third-order valence-corrected chi connectivity index (χ3v) is 2.82. The highest BCUT2D eigenvalue weighted by Crippen LogP contribution is 2.18. The van der Waals surface area contributed by atoms with Gasteiger partial charge in [-0.3, -0.25) is 0 Å². The number of hydrogen-bond donors (Lipinski definition) is 2. The lowest BCUT2D eigenvalue weighted by atomic mass is 9.79. The predicted molar refractivity (Wildman–Crippen MR) is 72.0 cm³/mol. The zero-order chi connectivity index (χ0) is 13.5. The van der Waals surface area contributed by atoms with E-state index in [1.54, 1.807) is 25.3 Å². The summed E-state index contributed by atoms with van der Waals surface area (Å²) in [6.07, 6.45) is 2.26. The molecule has 0 spiro atoms. The summed E-state index contributed by atoms with van der Waals surface area (Å²) in [5, 5.41) is 18.3. The predicted octanol–water partition coefficient (Wildman–Crippen LogP) is 1.08. The van der Waals surface area contributed by atoms with Crippen LogP contribution in [0.25, 0.3) is 0 Å². The molecule has 1 aromatic rings. The number of benzene rings is 1. The highest BCUT2D eigenvalue weighted by molar-refractivity contribution is 6.58. The second-order valence-electron chi connectivity index (χ2n) is 4.36. The Bertz CT molecular complexity index is 368. The minimum absolute atomic E-state index is 0.183. The average molecular weight is 252 g/mol. The van der Waals surface area contributed by atoms with Gasteiger partial charge in [0.1, 0.15) is 5.75 Å². The molecule has 0 aliphatic carbocycles. The van der Waals surface area contributed by atoms with Crippen molar-refractivity contribution in [3.63, 3.8) is 0 Å². The number of rotatable bonds is 7. The van der Waals surface area contributed by atoms with Gasteiger partial charge in [0.2, 0.25) is 0 Å². The summed E-state index contributed by atoms with van der Waals surface area (Å²) in [5.41, 5.74) is 1.27. The molecule has 2 N–H and O–H groups in total. The SMILES string of the molecule is CCCC(C)OCc1cc(B(O)O)ccc1OC. The molecule has 0 aromatic heterocycles. The zero-order valence-corrected chi connectivity index (χ0v) is 11.2. The van der Waals surface area contributed by atoms with Gasteiger partial charge in [-0.05, 0) is 24.9 Å². The van der Waals surface area contributed by atoms with Crippen LogP contribution in [0.5, 0.6) is 5.75 Å². The maximum Gasteiger partial charge on any atom is 0.488 e. The minimum atomic E-state index is -1.47. The molecule has 0 amide bonds. The summed E-state index contributed by atoms with van der Waals surface area (Å²) >= 11 is 0. The van der Waals surface area contributed by atoms with Gasteiger partial charge in [0.05, 0.1) is 19.8 Å². The van der Waals surface area contributed by atoms with Gasteiger partial charge in [0.25, 0.3) is 0 Å². The van der Waals surface area contributed by atoms with Crippen molar-refractivity contribution in [3.05, 3.63) is 23.8 Å². The van der Waals surface area contributed by atoms with Gasteiger partial charge in [0.15, 0.2) is 0 Å². The Kier molecular flexibility index (Phi) is 6.19. The molecule has 1 unspecified atom stereocenters. The first kappa shape index (κ1) is 15.0. The largest absolute Gasteiger partial charge is 0.496 e. The molecule has 100 valence electrons. The van der Waals surface area contributed by atoms with Gasteiger partial charge in [0, 0.05) is 5.56 Å². The first-order valence-electron chi connectivity index (χ1n) is 6.23. The van der Waals surface area contributed by atoms with Crippen molar-refractivity contribution in [1.29, 1.82) is 0 Å². The first-order valence-corrected chi connectivity index (χ1v) is 6.23. The topological polar surface area (TPSA) is 58.9 Å². The summed E-state index contributed by atoms with van der Waals surface area (Å²) in [5.74, 6) is 0.697. The van der Waals surface area contributed by atoms with Gasteiger partial charge in [-0.25, -0.2) is 0 Å². The van der Waals surface area contributed by atoms with Crippen LogP contribution in [0.15, 0.2) is 18.2 Å². The summed E-state index contributed by atoms with van der Waals surface area (Å²) in [6, 6.07) is 5.04. The second-order valence-corrected chi connectivity index (χ2v) is 4.36. The van der Waals surface area contributed by atoms with E-state index in [2.05, 4.69) is 6.92 Å². The van der Waals surface area contributed by atoms with Gasteiger partial charge in [-0.15, -0.1) is 0 Å². The first-order chi connectivity index (χ1) is 8.58. The Labute approximate surface area is 109 Å². The third kappa shape index (κ3) is 4.33. The maximum absolute atomic E-state index is 9.15. The van der Waals surface area contributed by atoms with Gasteiger partial charge in [-0.1, -0.05) is 25.5 Å². The lowest BCUT2D eigenvalue weighted by molar-refractivity contribution is 0.0461. The van der Waals surface area contributed by atoms with E-state index in [1.165, 1.54) is 0 Å². The quantitative estimate of drug-likeness (QED) is 0.713. The Morgan fingerprint density at radius 3 is 2.61 bits per heavy atom. The molecule has 0 saturated heterocycles. The van der Waals surface area contributed by atoms with Gasteiger partial charge < -0.3 is 19.5 Å². The Morgan fingerprint density at radius 1 is 1.33 bits per heavy atom. The van der Waals surface area contributed by atoms with E-state index in [4.69, 9.17) is 19.5 Å². The molecule has 0 bridgehead atoms. The van der Waals surface area contributed by atoms with Crippen LogP contribution in [-0.4, -0.2) is 30.4 Å². The fraction of sp³-hybridized carbons (Fsp3) is 0.538. The van der Waals surface area contributed by atoms with E-state index in [9.17, 15) is 0 Å². The van der Waals surface area contributed by atoms with Gasteiger partial charge >= 0.3 is 7.12 Å². The smallest absolute Gasteiger partial charge is 0.488 e. The van der Waals surface area contributed by atoms with Gasteiger partial charge in [-0.2, -0.15) is 0 Å². The summed E-state index contributed by atoms with van der Waals surface area (Å²) in [4.78, 5) is 0. The lowest BCUT2D eigenvalue weighted by Crippen LogP contribution is -2.30. The monoisotopic (exact) mass is 252 g/mol. The van der Waals surface area contributed by atoms with Crippen molar-refractivity contribution in [2.75, 3.05) is 7.11 Å². The molecule has 0 radical (unpaired) electrons. The van der Waals surface area contributed by atoms with Crippen LogP contribution in [0.3, 0.4) is 0 Å². The van der Waals surface area contributed by atoms with Crippen molar-refractivity contribution < 1.29 is 19.5 Å². The average Bonchev–Trinajstić information content (AvgIpc) is 2.36. The molecule has 4 nitrogen and oxygen atoms in total. The van der Waals surface area contributed by atoms with Crippen molar-refractivity contribution in [3.8, 4) is 5.75 Å². The van der Waals surface area contributed by atoms with Crippen LogP contribution in [0.1, 0.15) is 32.3 Å². The molecule has 0 saturated carbocycles. The van der Waals surface area contributed by atoms with Crippen LogP contribution >= 0.6 is 0 Å². The van der Waals surface area contributed by atoms with Crippen molar-refractivity contribution in [1.82, 2.24) is 0 Å². The molecule has 18 heavy (non-hydrogen) atoms. The summed E-state index contributed by atoms with van der Waals surface area (Å²) in [6.45, 7) is 4.55. The normalized spacial score (nSPS) is 12.3. The number of hydrogen-bond acceptors (Lipinski definition) is 4. The molecule has 1 atom stereocenters. The summed E-state index contributed by atoms with van der Waals surface area (Å²) < 4.78 is 10.9. The minimum Gasteiger partial charge on any atom is -0.496 e. The standard InChI is InChI=1S/C13H21BO4/c1-4-5-10(2)18-9-11-8-12(14(15)16)6-7-13(11)17-3/h6-8,10,15-16H,4-5,9H2,1-3H3. The van der Waals surface area contributed by atoms with Crippen molar-refractivity contribution in [2.24, 2.45) is 0 Å². The van der Waals surface area contributed by atoms with Crippen LogP contribution in [-0.2, 0) is 11.3 Å². The molecule has 0 aliphatic rings. The molecule has 1 rings (SSSR count). The Balaban J connectivity index is 2.75. The summed E-state index contributed by atoms with van der Waals surface area (Å²) in [7, 11) is 0.117. The number of methoxy groups -OCH3 is 1. The molecular formula is C13H21BO4. The van der Waals surface area contributed by atoms with E-state index < -0.39 is 7.12 Å². The van der Waals surface area contributed by atoms with Crippen LogP contribution < -0.4 is 10.2 Å². The molecule has 0 heterocycles. The lowest BCUT2D eigenvalue weighted by Gasteiger charge is -2.15. The van der Waals surface area contributed by atoms with Crippen molar-refractivity contribution >= 4 is 12.6 Å². The maximum atomic E-state index is 9.15. The molecule has 0 fully saturated rings. The molecular weight excluding hydrogens is 231 g/mol. The molecule has 1 aromatic carbocycles.